The monoisotopic (exact) mass is 279 g/mol. The summed E-state index contributed by atoms with van der Waals surface area (Å²) in [4.78, 5) is 24.8. The van der Waals surface area contributed by atoms with E-state index in [1.807, 2.05) is 0 Å². The standard InChI is InChI=1S/C14H14FNO4/c1-8(18)11-12(9-2-4-10(15)5-3-9)16(6-7-17)14(20)13(11)19/h2-5,12,17,19H,6-7H2,1H3. The van der Waals surface area contributed by atoms with Crippen molar-refractivity contribution in [1.29, 1.82) is 0 Å². The van der Waals surface area contributed by atoms with Crippen LogP contribution in [0.5, 0.6) is 0 Å². The second-order valence-corrected chi connectivity index (χ2v) is 4.49. The second-order valence-electron chi connectivity index (χ2n) is 4.49. The van der Waals surface area contributed by atoms with Crippen molar-refractivity contribution < 1.29 is 24.2 Å². The molecular weight excluding hydrogens is 265 g/mol. The van der Waals surface area contributed by atoms with Gasteiger partial charge < -0.3 is 15.1 Å². The normalized spacial score (nSPS) is 18.9. The molecule has 6 heteroatoms. The molecule has 106 valence electrons. The Hall–Kier alpha value is -2.21. The summed E-state index contributed by atoms with van der Waals surface area (Å²) in [6.07, 6.45) is 0. The first kappa shape index (κ1) is 14.2. The third-order valence-electron chi connectivity index (χ3n) is 3.21. The molecule has 1 heterocycles. The van der Waals surface area contributed by atoms with E-state index in [9.17, 15) is 19.1 Å². The molecule has 0 fully saturated rings. The van der Waals surface area contributed by atoms with Crippen molar-refractivity contribution in [2.24, 2.45) is 0 Å². The van der Waals surface area contributed by atoms with Crippen molar-refractivity contribution >= 4 is 11.7 Å². The number of hydrogen-bond donors (Lipinski definition) is 2. The van der Waals surface area contributed by atoms with Crippen molar-refractivity contribution in [2.75, 3.05) is 13.2 Å². The maximum absolute atomic E-state index is 13.0. The summed E-state index contributed by atoms with van der Waals surface area (Å²) in [6.45, 7) is 0.918. The van der Waals surface area contributed by atoms with Crippen molar-refractivity contribution in [3.63, 3.8) is 0 Å². The van der Waals surface area contributed by atoms with Crippen LogP contribution in [0, 0.1) is 5.82 Å². The maximum atomic E-state index is 13.0. The third-order valence-corrected chi connectivity index (χ3v) is 3.21. The van der Waals surface area contributed by atoms with E-state index in [-0.39, 0.29) is 18.7 Å². The molecular formula is C14H14FNO4. The van der Waals surface area contributed by atoms with Gasteiger partial charge in [-0.15, -0.1) is 0 Å². The van der Waals surface area contributed by atoms with Gasteiger partial charge in [0.1, 0.15) is 5.82 Å². The summed E-state index contributed by atoms with van der Waals surface area (Å²) in [5.74, 6) is -2.20. The summed E-state index contributed by atoms with van der Waals surface area (Å²) in [5.41, 5.74) is 0.470. The fraction of sp³-hybridized carbons (Fsp3) is 0.286. The van der Waals surface area contributed by atoms with Crippen LogP contribution in [0.4, 0.5) is 4.39 Å². The lowest BCUT2D eigenvalue weighted by Crippen LogP contribution is -2.33. The first-order chi connectivity index (χ1) is 9.47. The van der Waals surface area contributed by atoms with E-state index in [4.69, 9.17) is 5.11 Å². The van der Waals surface area contributed by atoms with Gasteiger partial charge in [0, 0.05) is 6.54 Å². The number of rotatable bonds is 4. The molecule has 1 aromatic carbocycles. The molecule has 1 aromatic rings. The number of hydrogen-bond acceptors (Lipinski definition) is 4. The lowest BCUT2D eigenvalue weighted by molar-refractivity contribution is -0.129. The Morgan fingerprint density at radius 3 is 2.45 bits per heavy atom. The van der Waals surface area contributed by atoms with Crippen LogP contribution in [-0.4, -0.2) is 40.0 Å². The Kier molecular flexibility index (Phi) is 3.85. The van der Waals surface area contributed by atoms with Crippen molar-refractivity contribution in [2.45, 2.75) is 13.0 Å². The quantitative estimate of drug-likeness (QED) is 0.865. The van der Waals surface area contributed by atoms with Crippen LogP contribution in [0.25, 0.3) is 0 Å². The minimum absolute atomic E-state index is 0.0261. The minimum atomic E-state index is -0.798. The van der Waals surface area contributed by atoms with Gasteiger partial charge in [-0.25, -0.2) is 4.39 Å². The number of halogens is 1. The van der Waals surface area contributed by atoms with Crippen LogP contribution in [0.2, 0.25) is 0 Å². The topological polar surface area (TPSA) is 77.8 Å². The van der Waals surface area contributed by atoms with E-state index in [1.165, 1.54) is 36.1 Å². The van der Waals surface area contributed by atoms with Gasteiger partial charge in [0.2, 0.25) is 0 Å². The lowest BCUT2D eigenvalue weighted by atomic mass is 9.97. The zero-order chi connectivity index (χ0) is 14.9. The Morgan fingerprint density at radius 1 is 1.35 bits per heavy atom. The molecule has 1 aliphatic heterocycles. The average Bonchev–Trinajstić information content (AvgIpc) is 2.65. The highest BCUT2D eigenvalue weighted by Crippen LogP contribution is 2.37. The number of amides is 1. The maximum Gasteiger partial charge on any atom is 0.290 e. The van der Waals surface area contributed by atoms with Crippen molar-refractivity contribution in [3.05, 3.63) is 47.0 Å². The van der Waals surface area contributed by atoms with Gasteiger partial charge in [-0.2, -0.15) is 0 Å². The number of carbonyl (C=O) groups is 2. The average molecular weight is 279 g/mol. The SMILES string of the molecule is CC(=O)C1=C(O)C(=O)N(CCO)C1c1ccc(F)cc1. The summed E-state index contributed by atoms with van der Waals surface area (Å²) in [5, 5.41) is 18.8. The predicted molar refractivity (Wildman–Crippen MR) is 68.3 cm³/mol. The highest BCUT2D eigenvalue weighted by Gasteiger charge is 2.41. The molecule has 0 saturated heterocycles. The number of Topliss-reactive ketones (excluding diaryl/α,β-unsaturated/α-hetero) is 1. The smallest absolute Gasteiger partial charge is 0.290 e. The molecule has 1 unspecified atom stereocenters. The van der Waals surface area contributed by atoms with E-state index >= 15 is 0 Å². The van der Waals surface area contributed by atoms with Gasteiger partial charge in [-0.05, 0) is 24.6 Å². The van der Waals surface area contributed by atoms with Gasteiger partial charge in [-0.1, -0.05) is 12.1 Å². The number of β-amino-alcohol motifs (C(OH)–C–C–N with tert-alkyl or cyclic N) is 1. The second kappa shape index (κ2) is 5.42. The van der Waals surface area contributed by atoms with E-state index in [2.05, 4.69) is 0 Å². The van der Waals surface area contributed by atoms with Gasteiger partial charge in [0.25, 0.3) is 5.91 Å². The predicted octanol–water partition coefficient (Wildman–Crippen LogP) is 1.10. The molecule has 20 heavy (non-hydrogen) atoms. The fourth-order valence-corrected chi connectivity index (χ4v) is 2.34. The number of ketones is 1. The van der Waals surface area contributed by atoms with Crippen LogP contribution in [0.3, 0.4) is 0 Å². The number of nitrogens with zero attached hydrogens (tertiary/aromatic N) is 1. The Morgan fingerprint density at radius 2 is 1.95 bits per heavy atom. The number of benzene rings is 1. The van der Waals surface area contributed by atoms with Crippen LogP contribution < -0.4 is 0 Å². The summed E-state index contributed by atoms with van der Waals surface area (Å²) in [6, 6.07) is 4.51. The van der Waals surface area contributed by atoms with E-state index in [0.29, 0.717) is 5.56 Å². The number of aliphatic hydroxyl groups is 2. The van der Waals surface area contributed by atoms with Crippen LogP contribution in [-0.2, 0) is 9.59 Å². The van der Waals surface area contributed by atoms with Crippen molar-refractivity contribution in [3.8, 4) is 0 Å². The zero-order valence-electron chi connectivity index (χ0n) is 10.8. The summed E-state index contributed by atoms with van der Waals surface area (Å²) >= 11 is 0. The molecule has 0 spiro atoms. The van der Waals surface area contributed by atoms with Crippen LogP contribution >= 0.6 is 0 Å². The largest absolute Gasteiger partial charge is 0.503 e. The van der Waals surface area contributed by atoms with Gasteiger partial charge in [0.15, 0.2) is 11.5 Å². The molecule has 0 aromatic heterocycles. The molecule has 5 nitrogen and oxygen atoms in total. The van der Waals surface area contributed by atoms with E-state index < -0.39 is 29.3 Å². The van der Waals surface area contributed by atoms with Gasteiger partial charge >= 0.3 is 0 Å². The lowest BCUT2D eigenvalue weighted by Gasteiger charge is -2.25. The third kappa shape index (κ3) is 2.30. The first-order valence-electron chi connectivity index (χ1n) is 6.08. The van der Waals surface area contributed by atoms with Crippen LogP contribution in [0.1, 0.15) is 18.5 Å². The highest BCUT2D eigenvalue weighted by molar-refractivity contribution is 6.08. The molecule has 1 aliphatic rings. The number of aliphatic hydroxyl groups excluding tert-OH is 2. The fourth-order valence-electron chi connectivity index (χ4n) is 2.34. The van der Waals surface area contributed by atoms with Crippen LogP contribution in [0.15, 0.2) is 35.6 Å². The molecule has 0 bridgehead atoms. The molecule has 0 radical (unpaired) electrons. The van der Waals surface area contributed by atoms with Crippen molar-refractivity contribution in [1.82, 2.24) is 4.90 Å². The van der Waals surface area contributed by atoms with E-state index in [0.717, 1.165) is 0 Å². The van der Waals surface area contributed by atoms with Gasteiger partial charge in [-0.3, -0.25) is 9.59 Å². The minimum Gasteiger partial charge on any atom is -0.503 e. The highest BCUT2D eigenvalue weighted by atomic mass is 19.1. The molecule has 1 amide bonds. The molecule has 2 N–H and O–H groups in total. The molecule has 2 rings (SSSR count). The molecule has 0 aliphatic carbocycles. The molecule has 0 saturated carbocycles. The Labute approximate surface area is 114 Å². The summed E-state index contributed by atoms with van der Waals surface area (Å²) in [7, 11) is 0. The first-order valence-corrected chi connectivity index (χ1v) is 6.08. The Balaban J connectivity index is 2.51. The van der Waals surface area contributed by atoms with E-state index in [1.54, 1.807) is 0 Å². The number of carbonyl (C=O) groups excluding carboxylic acids is 2. The zero-order valence-corrected chi connectivity index (χ0v) is 10.8. The molecule has 1 atom stereocenters. The Bertz CT molecular complexity index is 579. The van der Waals surface area contributed by atoms with Gasteiger partial charge in [0.05, 0.1) is 18.2 Å². The summed E-state index contributed by atoms with van der Waals surface area (Å²) < 4.78 is 13.0.